The molecule has 0 aliphatic carbocycles. The molecular weight excluding hydrogens is 249 g/mol. The molecule has 1 nitrogen and oxygen atoms in total. The first-order chi connectivity index (χ1) is 6.73. The highest BCUT2D eigenvalue weighted by atomic mass is 35.5. The molecule has 1 atom stereocenters. The summed E-state index contributed by atoms with van der Waals surface area (Å²) >= 11 is 5.63. The molecule has 0 saturated heterocycles. The first-order valence-corrected chi connectivity index (χ1v) is 5.88. The molecule has 0 saturated carbocycles. The van der Waals surface area contributed by atoms with E-state index in [2.05, 4.69) is 0 Å². The molecule has 0 heterocycles. The maximum atomic E-state index is 12.4. The molecule has 6 heteroatoms. The van der Waals surface area contributed by atoms with Gasteiger partial charge in [0.05, 0.1) is 16.4 Å². The quantitative estimate of drug-likeness (QED) is 0.753. The maximum absolute atomic E-state index is 12.4. The zero-order valence-corrected chi connectivity index (χ0v) is 9.56. The van der Waals surface area contributed by atoms with Crippen LogP contribution in [-0.4, -0.2) is 10.5 Å². The fraction of sp³-hybridized carbons (Fsp3) is 0.333. The monoisotopic (exact) mass is 256 g/mol. The third-order valence-electron chi connectivity index (χ3n) is 1.93. The summed E-state index contributed by atoms with van der Waals surface area (Å²) in [5.74, 6) is 0. The Balaban J connectivity index is 3.43. The van der Waals surface area contributed by atoms with Crippen molar-refractivity contribution >= 4 is 22.4 Å². The summed E-state index contributed by atoms with van der Waals surface area (Å²) in [7, 11) is -1.48. The molecule has 0 bridgehead atoms. The Morgan fingerprint density at radius 1 is 1.33 bits per heavy atom. The van der Waals surface area contributed by atoms with Crippen molar-refractivity contribution in [2.45, 2.75) is 18.0 Å². The molecule has 0 radical (unpaired) electrons. The van der Waals surface area contributed by atoms with Crippen LogP contribution in [0.5, 0.6) is 0 Å². The largest absolute Gasteiger partial charge is 0.416 e. The smallest absolute Gasteiger partial charge is 0.255 e. The van der Waals surface area contributed by atoms with E-state index in [1.165, 1.54) is 6.26 Å². The van der Waals surface area contributed by atoms with Crippen molar-refractivity contribution in [3.8, 4) is 0 Å². The van der Waals surface area contributed by atoms with E-state index in [-0.39, 0.29) is 9.92 Å². The molecule has 1 aromatic rings. The van der Waals surface area contributed by atoms with E-state index in [4.69, 9.17) is 11.6 Å². The predicted octanol–water partition coefficient (Wildman–Crippen LogP) is 3.40. The molecular formula is C9H8ClF3OS. The topological polar surface area (TPSA) is 17.1 Å². The Labute approximate surface area is 92.7 Å². The average Bonchev–Trinajstić information content (AvgIpc) is 2.06. The molecule has 1 aromatic carbocycles. The number of halogens is 4. The van der Waals surface area contributed by atoms with Crippen molar-refractivity contribution < 1.29 is 17.4 Å². The van der Waals surface area contributed by atoms with Crippen LogP contribution in [0.4, 0.5) is 13.2 Å². The third-order valence-corrected chi connectivity index (χ3v) is 3.37. The predicted molar refractivity (Wildman–Crippen MR) is 53.5 cm³/mol. The lowest BCUT2D eigenvalue weighted by molar-refractivity contribution is -0.137. The highest BCUT2D eigenvalue weighted by molar-refractivity contribution is 7.84. The molecule has 84 valence electrons. The third kappa shape index (κ3) is 2.72. The standard InChI is InChI=1S/C9H8ClF3OS/c1-5-7(10)3-6(9(11,12)13)4-8(5)15(2)14/h3-4H,1-2H3. The van der Waals surface area contributed by atoms with Gasteiger partial charge in [0.2, 0.25) is 0 Å². The van der Waals surface area contributed by atoms with Crippen LogP contribution in [0.3, 0.4) is 0 Å². The lowest BCUT2D eigenvalue weighted by Gasteiger charge is -2.11. The van der Waals surface area contributed by atoms with Crippen molar-refractivity contribution in [3.05, 3.63) is 28.3 Å². The molecule has 15 heavy (non-hydrogen) atoms. The maximum Gasteiger partial charge on any atom is 0.416 e. The van der Waals surface area contributed by atoms with Crippen LogP contribution in [0, 0.1) is 6.92 Å². The van der Waals surface area contributed by atoms with Gasteiger partial charge in [0.15, 0.2) is 0 Å². The molecule has 0 amide bonds. The van der Waals surface area contributed by atoms with E-state index >= 15 is 0 Å². The highest BCUT2D eigenvalue weighted by Crippen LogP contribution is 2.34. The van der Waals surface area contributed by atoms with Gasteiger partial charge in [-0.05, 0) is 24.6 Å². The molecule has 0 N–H and O–H groups in total. The lowest BCUT2D eigenvalue weighted by Crippen LogP contribution is -2.07. The summed E-state index contributed by atoms with van der Waals surface area (Å²) in [5, 5.41) is -0.0185. The van der Waals surface area contributed by atoms with E-state index < -0.39 is 22.5 Å². The number of rotatable bonds is 1. The summed E-state index contributed by atoms with van der Waals surface area (Å²) in [5.41, 5.74) is -0.450. The van der Waals surface area contributed by atoms with Gasteiger partial charge in [0, 0.05) is 16.2 Å². The Bertz CT molecular complexity index is 415. The van der Waals surface area contributed by atoms with E-state index in [9.17, 15) is 17.4 Å². The minimum absolute atomic E-state index is 0.0185. The van der Waals surface area contributed by atoms with Gasteiger partial charge < -0.3 is 0 Å². The molecule has 0 aliphatic heterocycles. The van der Waals surface area contributed by atoms with Gasteiger partial charge in [-0.25, -0.2) is 0 Å². The van der Waals surface area contributed by atoms with Crippen molar-refractivity contribution in [1.82, 2.24) is 0 Å². The molecule has 0 fully saturated rings. The second kappa shape index (κ2) is 4.14. The van der Waals surface area contributed by atoms with Gasteiger partial charge in [-0.3, -0.25) is 4.21 Å². The lowest BCUT2D eigenvalue weighted by atomic mass is 10.1. The number of hydrogen-bond donors (Lipinski definition) is 0. The van der Waals surface area contributed by atoms with Crippen LogP contribution in [0.25, 0.3) is 0 Å². The Morgan fingerprint density at radius 3 is 2.27 bits per heavy atom. The van der Waals surface area contributed by atoms with Crippen molar-refractivity contribution in [3.63, 3.8) is 0 Å². The summed E-state index contributed by atoms with van der Waals surface area (Å²) in [6.45, 7) is 1.54. The van der Waals surface area contributed by atoms with Crippen LogP contribution in [0.2, 0.25) is 5.02 Å². The summed E-state index contributed by atoms with van der Waals surface area (Å²) in [4.78, 5) is 0.120. The summed E-state index contributed by atoms with van der Waals surface area (Å²) in [6.07, 6.45) is -3.15. The molecule has 1 rings (SSSR count). The fourth-order valence-corrected chi connectivity index (χ4v) is 2.23. The van der Waals surface area contributed by atoms with Crippen LogP contribution in [0.15, 0.2) is 17.0 Å². The van der Waals surface area contributed by atoms with Gasteiger partial charge in [0.25, 0.3) is 0 Å². The number of hydrogen-bond acceptors (Lipinski definition) is 1. The Morgan fingerprint density at radius 2 is 1.87 bits per heavy atom. The Hall–Kier alpha value is -0.550. The van der Waals surface area contributed by atoms with Crippen molar-refractivity contribution in [1.29, 1.82) is 0 Å². The van der Waals surface area contributed by atoms with Gasteiger partial charge in [-0.15, -0.1) is 0 Å². The summed E-state index contributed by atoms with van der Waals surface area (Å²) < 4.78 is 48.3. The van der Waals surface area contributed by atoms with Crippen LogP contribution in [-0.2, 0) is 17.0 Å². The van der Waals surface area contributed by atoms with Crippen molar-refractivity contribution in [2.24, 2.45) is 0 Å². The van der Waals surface area contributed by atoms with Gasteiger partial charge in [-0.1, -0.05) is 11.6 Å². The zero-order chi connectivity index (χ0) is 11.8. The van der Waals surface area contributed by atoms with Crippen LogP contribution < -0.4 is 0 Å². The minimum Gasteiger partial charge on any atom is -0.255 e. The molecule has 0 spiro atoms. The zero-order valence-electron chi connectivity index (χ0n) is 7.98. The van der Waals surface area contributed by atoms with Crippen LogP contribution in [0.1, 0.15) is 11.1 Å². The van der Waals surface area contributed by atoms with E-state index in [0.29, 0.717) is 5.56 Å². The fourth-order valence-electron chi connectivity index (χ4n) is 1.12. The first kappa shape index (κ1) is 12.5. The molecule has 0 aliphatic rings. The number of benzene rings is 1. The minimum atomic E-state index is -4.47. The van der Waals surface area contributed by atoms with E-state index in [1.54, 1.807) is 6.92 Å². The van der Waals surface area contributed by atoms with Crippen molar-refractivity contribution in [2.75, 3.05) is 6.26 Å². The van der Waals surface area contributed by atoms with E-state index in [1.807, 2.05) is 0 Å². The van der Waals surface area contributed by atoms with Crippen LogP contribution >= 0.6 is 11.6 Å². The SMILES string of the molecule is Cc1c(Cl)cc(C(F)(F)F)cc1S(C)=O. The normalized spacial score (nSPS) is 14.0. The second-order valence-corrected chi connectivity index (χ2v) is 4.79. The average molecular weight is 257 g/mol. The van der Waals surface area contributed by atoms with Gasteiger partial charge in [-0.2, -0.15) is 13.2 Å². The van der Waals surface area contributed by atoms with E-state index in [0.717, 1.165) is 12.1 Å². The van der Waals surface area contributed by atoms with Gasteiger partial charge in [0.1, 0.15) is 0 Å². The number of alkyl halides is 3. The van der Waals surface area contributed by atoms with Gasteiger partial charge >= 0.3 is 6.18 Å². The Kier molecular flexibility index (Phi) is 3.45. The molecule has 0 aromatic heterocycles. The second-order valence-electron chi connectivity index (χ2n) is 3.03. The molecule has 1 unspecified atom stereocenters. The first-order valence-electron chi connectivity index (χ1n) is 3.94. The summed E-state index contributed by atoms with van der Waals surface area (Å²) in [6, 6.07) is 1.71. The highest BCUT2D eigenvalue weighted by Gasteiger charge is 2.32.